The van der Waals surface area contributed by atoms with E-state index in [0.717, 1.165) is 18.3 Å². The molecule has 0 aromatic heterocycles. The van der Waals surface area contributed by atoms with Crippen molar-refractivity contribution >= 4 is 5.91 Å². The number of nitrogens with one attached hydrogen (secondary N) is 1. The number of fused-ring (bicyclic) bond motifs is 2. The van der Waals surface area contributed by atoms with Gasteiger partial charge in [-0.2, -0.15) is 0 Å². The van der Waals surface area contributed by atoms with Gasteiger partial charge in [-0.1, -0.05) is 30.7 Å². The molecular weight excluding hydrogens is 246 g/mol. The van der Waals surface area contributed by atoms with Crippen molar-refractivity contribution in [1.82, 2.24) is 5.32 Å². The molecule has 1 N–H and O–H groups in total. The molecular formula is C18H25NO. The zero-order valence-corrected chi connectivity index (χ0v) is 12.6. The molecule has 0 radical (unpaired) electrons. The Hall–Kier alpha value is -1.31. The van der Waals surface area contributed by atoms with E-state index in [9.17, 15) is 4.79 Å². The zero-order chi connectivity index (χ0) is 14.1. The Morgan fingerprint density at radius 1 is 1.30 bits per heavy atom. The van der Waals surface area contributed by atoms with Crippen LogP contribution in [0.15, 0.2) is 24.3 Å². The lowest BCUT2D eigenvalue weighted by atomic mass is 9.86. The highest BCUT2D eigenvalue weighted by atomic mass is 16.1. The first-order valence-corrected chi connectivity index (χ1v) is 7.98. The monoisotopic (exact) mass is 271 g/mol. The largest absolute Gasteiger partial charge is 0.350 e. The van der Waals surface area contributed by atoms with Crippen LogP contribution in [0.2, 0.25) is 0 Å². The van der Waals surface area contributed by atoms with Crippen molar-refractivity contribution in [3.05, 3.63) is 35.4 Å². The maximum absolute atomic E-state index is 12.3. The van der Waals surface area contributed by atoms with Gasteiger partial charge in [0, 0.05) is 6.42 Å². The summed E-state index contributed by atoms with van der Waals surface area (Å²) in [5.74, 6) is 2.64. The number of carbonyl (C=O) groups is 1. The average molecular weight is 271 g/mol. The summed E-state index contributed by atoms with van der Waals surface area (Å²) in [5, 5.41) is 3.18. The summed E-state index contributed by atoms with van der Waals surface area (Å²) in [6.07, 6.45) is 6.16. The third-order valence-corrected chi connectivity index (χ3v) is 5.36. The first kappa shape index (κ1) is 13.7. The van der Waals surface area contributed by atoms with Crippen molar-refractivity contribution in [2.24, 2.45) is 17.8 Å². The first-order valence-electron chi connectivity index (χ1n) is 7.98. The highest BCUT2D eigenvalue weighted by Crippen LogP contribution is 2.49. The predicted molar refractivity (Wildman–Crippen MR) is 81.3 cm³/mol. The SMILES string of the molecule is Cc1ccccc1C(C)NC(=O)CC1CC2CCC1C2. The maximum atomic E-state index is 12.3. The molecule has 1 aromatic rings. The summed E-state index contributed by atoms with van der Waals surface area (Å²) in [7, 11) is 0. The van der Waals surface area contributed by atoms with Gasteiger partial charge in [0.1, 0.15) is 0 Å². The fraction of sp³-hybridized carbons (Fsp3) is 0.611. The van der Waals surface area contributed by atoms with Crippen molar-refractivity contribution < 1.29 is 4.79 Å². The second-order valence-corrected chi connectivity index (χ2v) is 6.78. The summed E-state index contributed by atoms with van der Waals surface area (Å²) in [6.45, 7) is 4.19. The highest BCUT2D eigenvalue weighted by molar-refractivity contribution is 5.76. The fourth-order valence-corrected chi connectivity index (χ4v) is 4.32. The first-order chi connectivity index (χ1) is 9.63. The fourth-order valence-electron chi connectivity index (χ4n) is 4.32. The van der Waals surface area contributed by atoms with Gasteiger partial charge >= 0.3 is 0 Å². The second kappa shape index (κ2) is 5.59. The second-order valence-electron chi connectivity index (χ2n) is 6.78. The normalized spacial score (nSPS) is 29.4. The Morgan fingerprint density at radius 3 is 2.75 bits per heavy atom. The van der Waals surface area contributed by atoms with Gasteiger partial charge in [-0.15, -0.1) is 0 Å². The van der Waals surface area contributed by atoms with Crippen molar-refractivity contribution in [3.63, 3.8) is 0 Å². The minimum Gasteiger partial charge on any atom is -0.350 e. The van der Waals surface area contributed by atoms with Crippen LogP contribution in [0.25, 0.3) is 0 Å². The number of rotatable bonds is 4. The van der Waals surface area contributed by atoms with Gasteiger partial charge in [-0.25, -0.2) is 0 Å². The average Bonchev–Trinajstić information content (AvgIpc) is 3.01. The number of hydrogen-bond acceptors (Lipinski definition) is 1. The van der Waals surface area contributed by atoms with Gasteiger partial charge in [0.05, 0.1) is 6.04 Å². The molecule has 20 heavy (non-hydrogen) atoms. The Kier molecular flexibility index (Phi) is 3.82. The molecule has 2 bridgehead atoms. The minimum absolute atomic E-state index is 0.113. The molecule has 4 atom stereocenters. The molecule has 2 saturated carbocycles. The summed E-state index contributed by atoms with van der Waals surface area (Å²) in [6, 6.07) is 8.41. The summed E-state index contributed by atoms with van der Waals surface area (Å²) in [4.78, 5) is 12.3. The third kappa shape index (κ3) is 2.74. The van der Waals surface area contributed by atoms with E-state index >= 15 is 0 Å². The maximum Gasteiger partial charge on any atom is 0.220 e. The standard InChI is InChI=1S/C18H25NO/c1-12-5-3-4-6-17(12)13(2)19-18(20)11-16-10-14-7-8-15(16)9-14/h3-6,13-16H,7-11H2,1-2H3,(H,19,20). The highest BCUT2D eigenvalue weighted by Gasteiger charge is 2.40. The summed E-state index contributed by atoms with van der Waals surface area (Å²) < 4.78 is 0. The number of amides is 1. The minimum atomic E-state index is 0.113. The van der Waals surface area contributed by atoms with E-state index in [1.165, 1.54) is 36.8 Å². The van der Waals surface area contributed by atoms with Crippen LogP contribution in [0, 0.1) is 24.7 Å². The van der Waals surface area contributed by atoms with Gasteiger partial charge in [-0.05, 0) is 62.0 Å². The van der Waals surface area contributed by atoms with Crippen LogP contribution in [-0.4, -0.2) is 5.91 Å². The quantitative estimate of drug-likeness (QED) is 0.881. The molecule has 0 aliphatic heterocycles. The third-order valence-electron chi connectivity index (χ3n) is 5.36. The van der Waals surface area contributed by atoms with Gasteiger partial charge in [0.25, 0.3) is 0 Å². The molecule has 0 heterocycles. The van der Waals surface area contributed by atoms with E-state index in [1.807, 2.05) is 12.1 Å². The molecule has 1 aromatic carbocycles. The van der Waals surface area contributed by atoms with Gasteiger partial charge < -0.3 is 5.32 Å². The van der Waals surface area contributed by atoms with Gasteiger partial charge in [0.15, 0.2) is 0 Å². The van der Waals surface area contributed by atoms with Gasteiger partial charge in [-0.3, -0.25) is 4.79 Å². The van der Waals surface area contributed by atoms with Crippen LogP contribution < -0.4 is 5.32 Å². The smallest absolute Gasteiger partial charge is 0.220 e. The Balaban J connectivity index is 1.55. The number of aryl methyl sites for hydroxylation is 1. The van der Waals surface area contributed by atoms with E-state index < -0.39 is 0 Å². The van der Waals surface area contributed by atoms with Crippen molar-refractivity contribution in [2.75, 3.05) is 0 Å². The van der Waals surface area contributed by atoms with Crippen LogP contribution in [-0.2, 0) is 4.79 Å². The molecule has 2 heteroatoms. The lowest BCUT2D eigenvalue weighted by Gasteiger charge is -2.23. The molecule has 2 aliphatic carbocycles. The van der Waals surface area contributed by atoms with Crippen molar-refractivity contribution in [3.8, 4) is 0 Å². The topological polar surface area (TPSA) is 29.1 Å². The molecule has 1 amide bonds. The number of benzene rings is 1. The molecule has 2 nitrogen and oxygen atoms in total. The van der Waals surface area contributed by atoms with Crippen LogP contribution >= 0.6 is 0 Å². The van der Waals surface area contributed by atoms with Crippen LogP contribution in [0.1, 0.15) is 56.2 Å². The Bertz CT molecular complexity index is 496. The molecule has 108 valence electrons. The van der Waals surface area contributed by atoms with Crippen LogP contribution in [0.3, 0.4) is 0 Å². The lowest BCUT2D eigenvalue weighted by molar-refractivity contribution is -0.123. The lowest BCUT2D eigenvalue weighted by Crippen LogP contribution is -2.30. The molecule has 4 unspecified atom stereocenters. The molecule has 0 spiro atoms. The van der Waals surface area contributed by atoms with Crippen molar-refractivity contribution in [1.29, 1.82) is 0 Å². The van der Waals surface area contributed by atoms with E-state index in [0.29, 0.717) is 5.92 Å². The van der Waals surface area contributed by atoms with E-state index in [1.54, 1.807) is 0 Å². The molecule has 2 aliphatic rings. The number of carbonyl (C=O) groups excluding carboxylic acids is 1. The van der Waals surface area contributed by atoms with Gasteiger partial charge in [0.2, 0.25) is 5.91 Å². The predicted octanol–water partition coefficient (Wildman–Crippen LogP) is 4.00. The molecule has 3 rings (SSSR count). The van der Waals surface area contributed by atoms with E-state index in [2.05, 4.69) is 31.3 Å². The van der Waals surface area contributed by atoms with Crippen LogP contribution in [0.4, 0.5) is 0 Å². The Labute approximate surface area is 122 Å². The van der Waals surface area contributed by atoms with E-state index in [4.69, 9.17) is 0 Å². The Morgan fingerprint density at radius 2 is 2.10 bits per heavy atom. The summed E-state index contributed by atoms with van der Waals surface area (Å²) in [5.41, 5.74) is 2.48. The molecule has 2 fully saturated rings. The number of hydrogen-bond donors (Lipinski definition) is 1. The van der Waals surface area contributed by atoms with Crippen molar-refractivity contribution in [2.45, 2.75) is 52.0 Å². The zero-order valence-electron chi connectivity index (χ0n) is 12.6. The van der Waals surface area contributed by atoms with Crippen LogP contribution in [0.5, 0.6) is 0 Å². The summed E-state index contributed by atoms with van der Waals surface area (Å²) >= 11 is 0. The van der Waals surface area contributed by atoms with E-state index in [-0.39, 0.29) is 11.9 Å². The molecule has 0 saturated heterocycles.